The molecule has 0 aromatic carbocycles. The third-order valence-corrected chi connectivity index (χ3v) is 8.62. The Labute approximate surface area is 231 Å². The summed E-state index contributed by atoms with van der Waals surface area (Å²) in [6, 6.07) is 0. The van der Waals surface area contributed by atoms with Crippen molar-refractivity contribution in [1.29, 1.82) is 0 Å². The minimum Gasteiger partial charge on any atom is -0.384 e. The normalized spacial score (nSPS) is 19.5. The average molecular weight is 527 g/mol. The second-order valence-electron chi connectivity index (χ2n) is 12.2. The van der Waals surface area contributed by atoms with Gasteiger partial charge in [-0.05, 0) is 12.8 Å². The molecule has 1 heterocycles. The van der Waals surface area contributed by atoms with Gasteiger partial charge in [-0.25, -0.2) is 0 Å². The Bertz CT molecular complexity index is 467. The van der Waals surface area contributed by atoms with Gasteiger partial charge in [0.2, 0.25) is 12.1 Å². The number of epoxide rings is 1. The van der Waals surface area contributed by atoms with Crippen LogP contribution in [0.4, 0.5) is 0 Å². The summed E-state index contributed by atoms with van der Waals surface area (Å²) >= 11 is 0. The van der Waals surface area contributed by atoms with E-state index in [0.29, 0.717) is 12.8 Å². The molecule has 0 aromatic rings. The van der Waals surface area contributed by atoms with Crippen LogP contribution in [-0.2, 0) is 4.74 Å². The number of ether oxygens (including phenoxy) is 1. The molecule has 0 aliphatic carbocycles. The summed E-state index contributed by atoms with van der Waals surface area (Å²) in [5, 5.41) is 31.6. The Morgan fingerprint density at radius 3 is 0.919 bits per heavy atom. The van der Waals surface area contributed by atoms with Crippen LogP contribution < -0.4 is 0 Å². The molecule has 3 N–H and O–H groups in total. The second kappa shape index (κ2) is 22.6. The van der Waals surface area contributed by atoms with Gasteiger partial charge >= 0.3 is 0 Å². The zero-order valence-corrected chi connectivity index (χ0v) is 25.1. The van der Waals surface area contributed by atoms with Crippen molar-refractivity contribution in [3.63, 3.8) is 0 Å². The molecule has 0 amide bonds. The van der Waals surface area contributed by atoms with Crippen molar-refractivity contribution >= 4 is 0 Å². The molecule has 0 spiro atoms. The molecule has 2 atom stereocenters. The quantitative estimate of drug-likeness (QED) is 0.0670. The second-order valence-corrected chi connectivity index (χ2v) is 12.2. The van der Waals surface area contributed by atoms with E-state index < -0.39 is 17.7 Å². The Kier molecular flexibility index (Phi) is 21.3. The van der Waals surface area contributed by atoms with E-state index >= 15 is 0 Å². The standard InChI is InChI=1S/C33H66O4/c1-3-5-7-9-11-13-15-17-19-21-23-25-27-29-32(35,33(36)31(34)37-33)30-28-26-24-22-20-18-16-14-12-10-8-6-4-2/h31,34-36H,3-30H2,1-2H3. The van der Waals surface area contributed by atoms with Crippen LogP contribution in [0.25, 0.3) is 0 Å². The number of aliphatic hydroxyl groups is 3. The number of unbranched alkanes of at least 4 members (excludes halogenated alkanes) is 24. The van der Waals surface area contributed by atoms with Gasteiger partial charge in [0.15, 0.2) is 0 Å². The van der Waals surface area contributed by atoms with Crippen LogP contribution in [0.5, 0.6) is 0 Å². The highest BCUT2D eigenvalue weighted by Gasteiger charge is 2.67. The highest BCUT2D eigenvalue weighted by atomic mass is 16.8. The van der Waals surface area contributed by atoms with Crippen molar-refractivity contribution in [2.45, 2.75) is 211 Å². The minimum atomic E-state index is -1.75. The molecule has 0 saturated carbocycles. The van der Waals surface area contributed by atoms with Crippen LogP contribution in [0.15, 0.2) is 0 Å². The lowest BCUT2D eigenvalue weighted by Gasteiger charge is -2.31. The lowest BCUT2D eigenvalue weighted by atomic mass is 9.84. The number of hydrogen-bond donors (Lipinski definition) is 3. The van der Waals surface area contributed by atoms with Crippen LogP contribution in [-0.4, -0.2) is 33.0 Å². The van der Waals surface area contributed by atoms with E-state index in [0.717, 1.165) is 25.7 Å². The zero-order valence-electron chi connectivity index (χ0n) is 25.1. The molecule has 37 heavy (non-hydrogen) atoms. The maximum atomic E-state index is 11.2. The molecule has 1 rings (SSSR count). The van der Waals surface area contributed by atoms with E-state index in [1.165, 1.54) is 141 Å². The first-order chi connectivity index (χ1) is 18.0. The molecule has 222 valence electrons. The van der Waals surface area contributed by atoms with Gasteiger partial charge in [0.05, 0.1) is 0 Å². The summed E-state index contributed by atoms with van der Waals surface area (Å²) < 4.78 is 5.06. The van der Waals surface area contributed by atoms with Crippen molar-refractivity contribution in [1.82, 2.24) is 0 Å². The summed E-state index contributed by atoms with van der Waals surface area (Å²) in [7, 11) is 0. The topological polar surface area (TPSA) is 73.2 Å². The van der Waals surface area contributed by atoms with Gasteiger partial charge in [0.1, 0.15) is 5.60 Å². The summed E-state index contributed by atoms with van der Waals surface area (Å²) in [4.78, 5) is 0. The Hall–Kier alpha value is -0.160. The molecular weight excluding hydrogens is 460 g/mol. The van der Waals surface area contributed by atoms with Crippen molar-refractivity contribution in [2.75, 3.05) is 0 Å². The first kappa shape index (κ1) is 34.9. The summed E-state index contributed by atoms with van der Waals surface area (Å²) in [5.41, 5.74) is -1.32. The maximum Gasteiger partial charge on any atom is 0.250 e. The van der Waals surface area contributed by atoms with Gasteiger partial charge in [-0.1, -0.05) is 181 Å². The van der Waals surface area contributed by atoms with E-state index in [-0.39, 0.29) is 0 Å². The maximum absolute atomic E-state index is 11.2. The fraction of sp³-hybridized carbons (Fsp3) is 1.00. The van der Waals surface area contributed by atoms with Crippen molar-refractivity contribution < 1.29 is 20.1 Å². The lowest BCUT2D eigenvalue weighted by molar-refractivity contribution is -0.158. The van der Waals surface area contributed by atoms with Crippen LogP contribution >= 0.6 is 0 Å². The lowest BCUT2D eigenvalue weighted by Crippen LogP contribution is -2.47. The first-order valence-corrected chi connectivity index (χ1v) is 16.8. The van der Waals surface area contributed by atoms with E-state index in [1.807, 2.05) is 0 Å². The Morgan fingerprint density at radius 2 is 0.703 bits per heavy atom. The SMILES string of the molecule is CCCCCCCCCCCCCCCC(O)(CCCCCCCCCCCCCCC)C1(O)OC1O. The molecule has 2 unspecified atom stereocenters. The smallest absolute Gasteiger partial charge is 0.250 e. The fourth-order valence-corrected chi connectivity index (χ4v) is 5.83. The van der Waals surface area contributed by atoms with Crippen LogP contribution in [0.1, 0.15) is 194 Å². The third-order valence-electron chi connectivity index (χ3n) is 8.62. The molecule has 1 aliphatic rings. The Balaban J connectivity index is 2.03. The number of hydrogen-bond acceptors (Lipinski definition) is 4. The van der Waals surface area contributed by atoms with Crippen molar-refractivity contribution in [3.8, 4) is 0 Å². The predicted octanol–water partition coefficient (Wildman–Crippen LogP) is 9.72. The molecule has 4 nitrogen and oxygen atoms in total. The van der Waals surface area contributed by atoms with Gasteiger partial charge in [-0.3, -0.25) is 0 Å². The molecule has 1 aliphatic heterocycles. The highest BCUT2D eigenvalue weighted by molar-refractivity contribution is 5.03. The van der Waals surface area contributed by atoms with E-state index in [9.17, 15) is 15.3 Å². The molecule has 4 heteroatoms. The minimum absolute atomic E-state index is 0.510. The van der Waals surface area contributed by atoms with Gasteiger partial charge in [0.25, 0.3) is 0 Å². The monoisotopic (exact) mass is 526 g/mol. The molecule has 1 fully saturated rings. The highest BCUT2D eigenvalue weighted by Crippen LogP contribution is 2.46. The number of aliphatic hydroxyl groups excluding tert-OH is 1. The average Bonchev–Trinajstić information content (AvgIpc) is 3.52. The molecule has 0 bridgehead atoms. The van der Waals surface area contributed by atoms with E-state index in [2.05, 4.69) is 13.8 Å². The Morgan fingerprint density at radius 1 is 0.486 bits per heavy atom. The first-order valence-electron chi connectivity index (χ1n) is 16.8. The van der Waals surface area contributed by atoms with Gasteiger partial charge < -0.3 is 20.1 Å². The van der Waals surface area contributed by atoms with Crippen molar-refractivity contribution in [3.05, 3.63) is 0 Å². The van der Waals surface area contributed by atoms with Gasteiger partial charge in [-0.2, -0.15) is 0 Å². The molecule has 1 saturated heterocycles. The zero-order chi connectivity index (χ0) is 27.1. The summed E-state index contributed by atoms with van der Waals surface area (Å²) in [5.74, 6) is -1.75. The molecular formula is C33H66O4. The summed E-state index contributed by atoms with van der Waals surface area (Å²) in [6.45, 7) is 4.54. The van der Waals surface area contributed by atoms with Crippen LogP contribution in [0.3, 0.4) is 0 Å². The largest absolute Gasteiger partial charge is 0.384 e. The fourth-order valence-electron chi connectivity index (χ4n) is 5.83. The molecule has 0 radical (unpaired) electrons. The predicted molar refractivity (Wildman–Crippen MR) is 158 cm³/mol. The van der Waals surface area contributed by atoms with E-state index in [1.54, 1.807) is 0 Å². The van der Waals surface area contributed by atoms with Crippen molar-refractivity contribution in [2.24, 2.45) is 0 Å². The summed E-state index contributed by atoms with van der Waals surface area (Å²) in [6.07, 6.45) is 33.2. The van der Waals surface area contributed by atoms with E-state index in [4.69, 9.17) is 4.74 Å². The van der Waals surface area contributed by atoms with Gasteiger partial charge in [0, 0.05) is 0 Å². The van der Waals surface area contributed by atoms with Crippen LogP contribution in [0, 0.1) is 0 Å². The molecule has 0 aromatic heterocycles. The number of rotatable bonds is 29. The third kappa shape index (κ3) is 16.5. The van der Waals surface area contributed by atoms with Gasteiger partial charge in [-0.15, -0.1) is 0 Å². The van der Waals surface area contributed by atoms with Crippen LogP contribution in [0.2, 0.25) is 0 Å².